The van der Waals surface area contributed by atoms with Gasteiger partial charge >= 0.3 is 0 Å². The monoisotopic (exact) mass is 375 g/mol. The van der Waals surface area contributed by atoms with Crippen LogP contribution in [0.25, 0.3) is 27.8 Å². The molecule has 3 aliphatic heterocycles. The number of benzene rings is 2. The van der Waals surface area contributed by atoms with E-state index in [1.54, 1.807) is 30.5 Å². The van der Waals surface area contributed by atoms with E-state index in [9.17, 15) is 9.90 Å². The molecule has 1 saturated heterocycles. The first-order valence-electron chi connectivity index (χ1n) is 9.37. The number of likely N-dealkylation sites (N-methyl/N-ethyl adjacent to an activating group) is 1. The Kier molecular flexibility index (Phi) is 3.84. The van der Waals surface area contributed by atoms with E-state index in [-0.39, 0.29) is 11.3 Å². The summed E-state index contributed by atoms with van der Waals surface area (Å²) in [6.45, 7) is 4.04. The molecule has 0 atom stereocenters. The molecule has 7 nitrogen and oxygen atoms in total. The number of pyridine rings is 1. The van der Waals surface area contributed by atoms with Gasteiger partial charge in [-0.25, -0.2) is 0 Å². The van der Waals surface area contributed by atoms with Crippen molar-refractivity contribution in [3.05, 3.63) is 59.0 Å². The Morgan fingerprint density at radius 3 is 2.46 bits per heavy atom. The third-order valence-corrected chi connectivity index (χ3v) is 5.47. The number of nitrogens with one attached hydrogen (secondary N) is 1. The molecule has 0 unspecified atom stereocenters. The lowest BCUT2D eigenvalue weighted by molar-refractivity contribution is 0.313. The van der Waals surface area contributed by atoms with Crippen molar-refractivity contribution in [2.45, 2.75) is 0 Å². The van der Waals surface area contributed by atoms with Gasteiger partial charge in [0.2, 0.25) is 0 Å². The van der Waals surface area contributed by atoms with E-state index in [1.807, 2.05) is 6.07 Å². The van der Waals surface area contributed by atoms with E-state index < -0.39 is 0 Å². The summed E-state index contributed by atoms with van der Waals surface area (Å²) in [4.78, 5) is 20.8. The second kappa shape index (κ2) is 6.38. The maximum Gasteiger partial charge on any atom is 0.282 e. The van der Waals surface area contributed by atoms with Gasteiger partial charge in [-0.2, -0.15) is 9.78 Å². The maximum absolute atomic E-state index is 12.9. The predicted molar refractivity (Wildman–Crippen MR) is 110 cm³/mol. The quantitative estimate of drug-likeness (QED) is 0.562. The van der Waals surface area contributed by atoms with Crippen molar-refractivity contribution in [1.82, 2.24) is 19.7 Å². The van der Waals surface area contributed by atoms with Gasteiger partial charge in [-0.15, -0.1) is 0 Å². The van der Waals surface area contributed by atoms with Crippen molar-refractivity contribution >= 4 is 16.6 Å². The highest BCUT2D eigenvalue weighted by Gasteiger charge is 2.21. The number of aromatic hydroxyl groups is 1. The average Bonchev–Trinajstić information content (AvgIpc) is 3.06. The Hall–Kier alpha value is -3.32. The first-order valence-corrected chi connectivity index (χ1v) is 9.37. The molecule has 142 valence electrons. The highest BCUT2D eigenvalue weighted by Crippen LogP contribution is 2.30. The molecule has 1 fully saturated rings. The van der Waals surface area contributed by atoms with Crippen molar-refractivity contribution in [3.8, 4) is 22.7 Å². The molecule has 0 spiro atoms. The molecule has 0 aliphatic carbocycles. The van der Waals surface area contributed by atoms with Crippen LogP contribution in [0.15, 0.2) is 53.5 Å². The van der Waals surface area contributed by atoms with E-state index in [2.05, 4.69) is 39.1 Å². The summed E-state index contributed by atoms with van der Waals surface area (Å²) in [5.74, 6) is 0.156. The fraction of sp³-hybridized carbons (Fsp3) is 0.238. The molecule has 2 aromatic rings. The Labute approximate surface area is 161 Å². The zero-order chi connectivity index (χ0) is 19.3. The number of hydrogen-bond acceptors (Lipinski definition) is 5. The standard InChI is InChI=1S/C21H21N5O2/c1-24-8-10-25(11-9-24)15-4-7-19-17(12-15)20-18(13-22-19)21(28)26(23-20)14-2-5-16(27)6-3-14/h2-7,12-13,22,27H,8-11H2,1H3. The number of nitrogens with zero attached hydrogens (tertiary/aromatic N) is 4. The summed E-state index contributed by atoms with van der Waals surface area (Å²) in [7, 11) is 2.14. The molecule has 3 heterocycles. The number of H-pyrrole nitrogens is 1. The Balaban J connectivity index is 1.64. The van der Waals surface area contributed by atoms with Gasteiger partial charge in [0.1, 0.15) is 11.4 Å². The van der Waals surface area contributed by atoms with E-state index in [0.29, 0.717) is 16.9 Å². The first kappa shape index (κ1) is 16.8. The number of fused-ring (bicyclic) bond motifs is 3. The van der Waals surface area contributed by atoms with Gasteiger partial charge in [-0.1, -0.05) is 0 Å². The van der Waals surface area contributed by atoms with Crippen molar-refractivity contribution in [1.29, 1.82) is 0 Å². The number of aromatic nitrogens is 3. The van der Waals surface area contributed by atoms with Crippen molar-refractivity contribution in [2.75, 3.05) is 38.1 Å². The zero-order valence-electron chi connectivity index (χ0n) is 15.6. The number of rotatable bonds is 2. The molecular formula is C21H21N5O2. The summed E-state index contributed by atoms with van der Waals surface area (Å²) < 4.78 is 1.39. The summed E-state index contributed by atoms with van der Waals surface area (Å²) in [5.41, 5.74) is 3.78. The van der Waals surface area contributed by atoms with Crippen LogP contribution in [0.2, 0.25) is 0 Å². The molecule has 0 aromatic heterocycles. The largest absolute Gasteiger partial charge is 0.508 e. The molecule has 7 heteroatoms. The molecule has 28 heavy (non-hydrogen) atoms. The Bertz CT molecular complexity index is 1170. The molecule has 5 rings (SSSR count). The number of aromatic amines is 1. The number of piperazine rings is 1. The molecule has 0 bridgehead atoms. The lowest BCUT2D eigenvalue weighted by Crippen LogP contribution is -2.44. The van der Waals surface area contributed by atoms with Crippen LogP contribution in [-0.4, -0.2) is 58.0 Å². The minimum absolute atomic E-state index is 0.156. The lowest BCUT2D eigenvalue weighted by Gasteiger charge is -2.34. The van der Waals surface area contributed by atoms with Crippen LogP contribution in [0.5, 0.6) is 5.75 Å². The average molecular weight is 375 g/mol. The summed E-state index contributed by atoms with van der Waals surface area (Å²) in [6.07, 6.45) is 1.72. The molecular weight excluding hydrogens is 354 g/mol. The fourth-order valence-corrected chi connectivity index (χ4v) is 3.78. The third kappa shape index (κ3) is 2.71. The van der Waals surface area contributed by atoms with Crippen molar-refractivity contribution in [2.24, 2.45) is 0 Å². The van der Waals surface area contributed by atoms with Crippen LogP contribution < -0.4 is 10.5 Å². The SMILES string of the molecule is CN1CCN(c2ccc3[nH]cc4c(=O)n(-c5ccc(O)cc5)nc-4c3c2)CC1. The van der Waals surface area contributed by atoms with E-state index >= 15 is 0 Å². The van der Waals surface area contributed by atoms with E-state index in [4.69, 9.17) is 0 Å². The molecule has 0 saturated carbocycles. The van der Waals surface area contributed by atoms with Gasteiger partial charge in [0, 0.05) is 49.0 Å². The van der Waals surface area contributed by atoms with Gasteiger partial charge in [-0.3, -0.25) is 4.79 Å². The highest BCUT2D eigenvalue weighted by atomic mass is 16.3. The molecule has 2 aromatic carbocycles. The minimum atomic E-state index is -0.177. The normalized spacial score (nSPS) is 15.5. The Morgan fingerprint density at radius 1 is 1.00 bits per heavy atom. The van der Waals surface area contributed by atoms with Crippen LogP contribution in [0.3, 0.4) is 0 Å². The minimum Gasteiger partial charge on any atom is -0.508 e. The third-order valence-electron chi connectivity index (χ3n) is 5.47. The number of phenols is 1. The van der Waals surface area contributed by atoms with Crippen LogP contribution in [0, 0.1) is 0 Å². The smallest absolute Gasteiger partial charge is 0.282 e. The first-order chi connectivity index (χ1) is 13.6. The van der Waals surface area contributed by atoms with Gasteiger partial charge in [0.15, 0.2) is 0 Å². The van der Waals surface area contributed by atoms with Crippen LogP contribution >= 0.6 is 0 Å². The number of phenolic OH excluding ortho intramolecular Hbond substituents is 1. The zero-order valence-corrected chi connectivity index (χ0v) is 15.6. The number of hydrogen-bond donors (Lipinski definition) is 2. The van der Waals surface area contributed by atoms with E-state index in [0.717, 1.165) is 42.8 Å². The Morgan fingerprint density at radius 2 is 1.71 bits per heavy atom. The van der Waals surface area contributed by atoms with Crippen LogP contribution in [0.4, 0.5) is 5.69 Å². The second-order valence-electron chi connectivity index (χ2n) is 7.30. The molecule has 0 amide bonds. The number of anilines is 1. The molecule has 0 radical (unpaired) electrons. The lowest BCUT2D eigenvalue weighted by atomic mass is 10.1. The fourth-order valence-electron chi connectivity index (χ4n) is 3.78. The summed E-state index contributed by atoms with van der Waals surface area (Å²) >= 11 is 0. The topological polar surface area (TPSA) is 77.4 Å². The maximum atomic E-state index is 12.9. The highest BCUT2D eigenvalue weighted by molar-refractivity contribution is 5.95. The molecule has 3 aliphatic rings. The van der Waals surface area contributed by atoms with Gasteiger partial charge in [0.05, 0.1) is 11.3 Å². The van der Waals surface area contributed by atoms with E-state index in [1.165, 1.54) is 4.68 Å². The molecule has 2 N–H and O–H groups in total. The van der Waals surface area contributed by atoms with Crippen LogP contribution in [0.1, 0.15) is 0 Å². The van der Waals surface area contributed by atoms with Crippen molar-refractivity contribution in [3.63, 3.8) is 0 Å². The predicted octanol–water partition coefficient (Wildman–Crippen LogP) is 2.28. The summed E-state index contributed by atoms with van der Waals surface area (Å²) in [5, 5.41) is 15.1. The second-order valence-corrected chi connectivity index (χ2v) is 7.30. The van der Waals surface area contributed by atoms with Crippen LogP contribution in [-0.2, 0) is 0 Å². The van der Waals surface area contributed by atoms with Crippen molar-refractivity contribution < 1.29 is 5.11 Å². The van der Waals surface area contributed by atoms with Gasteiger partial charge in [-0.05, 0) is 49.5 Å². The van der Waals surface area contributed by atoms with Gasteiger partial charge < -0.3 is 19.9 Å². The summed E-state index contributed by atoms with van der Waals surface area (Å²) in [6, 6.07) is 12.8. The van der Waals surface area contributed by atoms with Gasteiger partial charge in [0.25, 0.3) is 5.56 Å².